The molecule has 0 saturated carbocycles. The zero-order valence-electron chi connectivity index (χ0n) is 14.8. The van der Waals surface area contributed by atoms with E-state index in [2.05, 4.69) is 41.5 Å². The van der Waals surface area contributed by atoms with Crippen LogP contribution < -0.4 is 0 Å². The molecule has 1 N–H and O–H groups in total. The molecule has 1 unspecified atom stereocenters. The molecule has 0 radical (unpaired) electrons. The molecule has 0 aromatic carbocycles. The third kappa shape index (κ3) is 12.9. The van der Waals surface area contributed by atoms with Crippen molar-refractivity contribution in [1.29, 1.82) is 0 Å². The van der Waals surface area contributed by atoms with Crippen LogP contribution >= 0.6 is 0 Å². The first-order valence-electron chi connectivity index (χ1n) is 8.42. The summed E-state index contributed by atoms with van der Waals surface area (Å²) in [6, 6.07) is 0. The van der Waals surface area contributed by atoms with E-state index in [-0.39, 0.29) is 11.5 Å². The molecule has 0 heterocycles. The van der Waals surface area contributed by atoms with Gasteiger partial charge in [-0.3, -0.25) is 0 Å². The van der Waals surface area contributed by atoms with E-state index < -0.39 is 0 Å². The van der Waals surface area contributed by atoms with Crippen LogP contribution in [0, 0.1) is 10.8 Å². The second-order valence-electron chi connectivity index (χ2n) is 8.18. The van der Waals surface area contributed by atoms with Gasteiger partial charge in [-0.1, -0.05) is 67.2 Å². The van der Waals surface area contributed by atoms with Gasteiger partial charge in [-0.05, 0) is 30.1 Å². The summed E-state index contributed by atoms with van der Waals surface area (Å²) in [5, 5.41) is 9.92. The monoisotopic (exact) mass is 286 g/mol. The number of ether oxygens (including phenoxy) is 1. The molecule has 0 saturated heterocycles. The maximum absolute atomic E-state index is 9.92. The number of rotatable bonds is 11. The lowest BCUT2D eigenvalue weighted by atomic mass is 9.84. The number of aliphatic hydroxyl groups excluding tert-OH is 1. The highest BCUT2D eigenvalue weighted by molar-refractivity contribution is 4.71. The predicted molar refractivity (Wildman–Crippen MR) is 88.1 cm³/mol. The van der Waals surface area contributed by atoms with E-state index in [0.717, 1.165) is 25.9 Å². The van der Waals surface area contributed by atoms with Crippen molar-refractivity contribution in [2.45, 2.75) is 92.6 Å². The van der Waals surface area contributed by atoms with Gasteiger partial charge < -0.3 is 9.84 Å². The maximum atomic E-state index is 9.92. The zero-order valence-corrected chi connectivity index (χ0v) is 14.8. The number of aliphatic hydroxyl groups is 1. The molecule has 0 rings (SSSR count). The van der Waals surface area contributed by atoms with E-state index in [1.807, 2.05) is 0 Å². The van der Waals surface area contributed by atoms with Crippen molar-refractivity contribution < 1.29 is 9.84 Å². The fourth-order valence-corrected chi connectivity index (χ4v) is 2.27. The van der Waals surface area contributed by atoms with Crippen molar-refractivity contribution in [3.05, 3.63) is 0 Å². The molecule has 0 aliphatic heterocycles. The van der Waals surface area contributed by atoms with Crippen LogP contribution in [-0.2, 0) is 4.74 Å². The Morgan fingerprint density at radius 1 is 0.950 bits per heavy atom. The summed E-state index contributed by atoms with van der Waals surface area (Å²) >= 11 is 0. The first-order chi connectivity index (χ1) is 9.16. The molecular formula is C18H38O2. The Morgan fingerprint density at radius 3 is 2.10 bits per heavy atom. The lowest BCUT2D eigenvalue weighted by Gasteiger charge is -2.25. The Morgan fingerprint density at radius 2 is 1.55 bits per heavy atom. The summed E-state index contributed by atoms with van der Waals surface area (Å²) in [6.45, 7) is 14.8. The summed E-state index contributed by atoms with van der Waals surface area (Å²) in [7, 11) is 0. The van der Waals surface area contributed by atoms with E-state index in [0.29, 0.717) is 12.0 Å². The van der Waals surface area contributed by atoms with Crippen molar-refractivity contribution in [2.75, 3.05) is 13.2 Å². The number of hydrogen-bond donors (Lipinski definition) is 1. The normalized spacial score (nSPS) is 14.6. The Hall–Kier alpha value is -0.0800. The van der Waals surface area contributed by atoms with Crippen molar-refractivity contribution >= 4 is 0 Å². The molecule has 0 aliphatic rings. The molecule has 0 aliphatic carbocycles. The maximum Gasteiger partial charge on any atom is 0.0778 e. The van der Waals surface area contributed by atoms with Gasteiger partial charge in [-0.25, -0.2) is 0 Å². The zero-order chi connectivity index (χ0) is 15.6. The topological polar surface area (TPSA) is 29.5 Å². The molecule has 122 valence electrons. The van der Waals surface area contributed by atoms with Crippen LogP contribution in [0.3, 0.4) is 0 Å². The lowest BCUT2D eigenvalue weighted by molar-refractivity contribution is 0.0118. The summed E-state index contributed by atoms with van der Waals surface area (Å²) < 4.78 is 5.58. The van der Waals surface area contributed by atoms with Crippen molar-refractivity contribution in [3.63, 3.8) is 0 Å². The van der Waals surface area contributed by atoms with Crippen LogP contribution in [0.4, 0.5) is 0 Å². The average Bonchev–Trinajstić information content (AvgIpc) is 2.30. The minimum Gasteiger partial charge on any atom is -0.391 e. The quantitative estimate of drug-likeness (QED) is 0.530. The Balaban J connectivity index is 3.40. The molecule has 0 amide bonds. The SMILES string of the molecule is CCC(C)(C)CC(O)COCCCCCCC(C)(C)C. The van der Waals surface area contributed by atoms with Gasteiger partial charge in [0.2, 0.25) is 0 Å². The molecule has 2 heteroatoms. The van der Waals surface area contributed by atoms with Gasteiger partial charge in [0.15, 0.2) is 0 Å². The highest BCUT2D eigenvalue weighted by atomic mass is 16.5. The van der Waals surface area contributed by atoms with E-state index in [1.165, 1.54) is 25.7 Å². The summed E-state index contributed by atoms with van der Waals surface area (Å²) in [6.07, 6.45) is 7.89. The van der Waals surface area contributed by atoms with Crippen LogP contribution in [0.15, 0.2) is 0 Å². The minimum atomic E-state index is -0.314. The molecule has 0 spiro atoms. The summed E-state index contributed by atoms with van der Waals surface area (Å²) in [5.41, 5.74) is 0.683. The number of unbranched alkanes of at least 4 members (excludes halogenated alkanes) is 3. The van der Waals surface area contributed by atoms with Crippen molar-refractivity contribution in [3.8, 4) is 0 Å². The molecule has 20 heavy (non-hydrogen) atoms. The highest BCUT2D eigenvalue weighted by Crippen LogP contribution is 2.26. The van der Waals surface area contributed by atoms with Crippen LogP contribution in [0.1, 0.15) is 86.5 Å². The third-order valence-electron chi connectivity index (χ3n) is 4.02. The second kappa shape index (κ2) is 9.78. The van der Waals surface area contributed by atoms with E-state index >= 15 is 0 Å². The second-order valence-corrected chi connectivity index (χ2v) is 8.18. The fraction of sp³-hybridized carbons (Fsp3) is 1.00. The first kappa shape index (κ1) is 19.9. The Labute approximate surface area is 127 Å². The van der Waals surface area contributed by atoms with Gasteiger partial charge in [-0.15, -0.1) is 0 Å². The van der Waals surface area contributed by atoms with Gasteiger partial charge >= 0.3 is 0 Å². The van der Waals surface area contributed by atoms with Crippen molar-refractivity contribution in [1.82, 2.24) is 0 Å². The fourth-order valence-electron chi connectivity index (χ4n) is 2.27. The lowest BCUT2D eigenvalue weighted by Crippen LogP contribution is -2.24. The number of hydrogen-bond acceptors (Lipinski definition) is 2. The predicted octanol–water partition coefficient (Wildman–Crippen LogP) is 5.19. The van der Waals surface area contributed by atoms with E-state index in [9.17, 15) is 5.11 Å². The smallest absolute Gasteiger partial charge is 0.0778 e. The summed E-state index contributed by atoms with van der Waals surface area (Å²) in [4.78, 5) is 0. The molecule has 0 aromatic heterocycles. The van der Waals surface area contributed by atoms with E-state index in [1.54, 1.807) is 0 Å². The van der Waals surface area contributed by atoms with E-state index in [4.69, 9.17) is 4.74 Å². The van der Waals surface area contributed by atoms with Gasteiger partial charge in [0.1, 0.15) is 0 Å². The summed E-state index contributed by atoms with van der Waals surface area (Å²) in [5.74, 6) is 0. The Bertz CT molecular complexity index is 228. The Kier molecular flexibility index (Phi) is 9.74. The molecule has 0 fully saturated rings. The molecule has 2 nitrogen and oxygen atoms in total. The standard InChI is InChI=1S/C18H38O2/c1-7-18(5,6)14-16(19)15-20-13-11-9-8-10-12-17(2,3)4/h16,19H,7-15H2,1-6H3. The van der Waals surface area contributed by atoms with Gasteiger partial charge in [0, 0.05) is 6.61 Å². The van der Waals surface area contributed by atoms with Gasteiger partial charge in [0.25, 0.3) is 0 Å². The van der Waals surface area contributed by atoms with Crippen LogP contribution in [0.25, 0.3) is 0 Å². The van der Waals surface area contributed by atoms with Crippen LogP contribution in [-0.4, -0.2) is 24.4 Å². The van der Waals surface area contributed by atoms with Crippen molar-refractivity contribution in [2.24, 2.45) is 10.8 Å². The average molecular weight is 286 g/mol. The molecular weight excluding hydrogens is 248 g/mol. The molecule has 0 bridgehead atoms. The van der Waals surface area contributed by atoms with Gasteiger partial charge in [0.05, 0.1) is 12.7 Å². The third-order valence-corrected chi connectivity index (χ3v) is 4.02. The van der Waals surface area contributed by atoms with Crippen LogP contribution in [0.5, 0.6) is 0 Å². The largest absolute Gasteiger partial charge is 0.391 e. The molecule has 0 aromatic rings. The molecule has 1 atom stereocenters. The minimum absolute atomic E-state index is 0.218. The highest BCUT2D eigenvalue weighted by Gasteiger charge is 2.19. The van der Waals surface area contributed by atoms with Crippen LogP contribution in [0.2, 0.25) is 0 Å². The first-order valence-corrected chi connectivity index (χ1v) is 8.42. The van der Waals surface area contributed by atoms with Gasteiger partial charge in [-0.2, -0.15) is 0 Å².